The van der Waals surface area contributed by atoms with Gasteiger partial charge in [0.25, 0.3) is 0 Å². The normalized spacial score (nSPS) is 9.95. The average Bonchev–Trinajstić information content (AvgIpc) is 2.42. The number of nitrogens with zero attached hydrogens (tertiary/aromatic N) is 2. The van der Waals surface area contributed by atoms with Crippen molar-refractivity contribution in [2.75, 3.05) is 11.9 Å². The van der Waals surface area contributed by atoms with Crippen LogP contribution in [0.4, 0.5) is 11.5 Å². The molecule has 98 valence electrons. The maximum Gasteiger partial charge on any atom is 0.354 e. The molecule has 0 unspecified atom stereocenters. The summed E-state index contributed by atoms with van der Waals surface area (Å²) in [6.45, 7) is 2.53. The van der Waals surface area contributed by atoms with Gasteiger partial charge >= 0.3 is 5.97 Å². The fourth-order valence-corrected chi connectivity index (χ4v) is 1.49. The Bertz CT molecular complexity index is 570. The van der Waals surface area contributed by atoms with E-state index in [4.69, 9.17) is 9.84 Å². The van der Waals surface area contributed by atoms with Crippen molar-refractivity contribution in [3.05, 3.63) is 42.4 Å². The molecule has 1 aromatic carbocycles. The predicted molar refractivity (Wildman–Crippen MR) is 69.9 cm³/mol. The first-order valence-electron chi connectivity index (χ1n) is 5.74. The van der Waals surface area contributed by atoms with Crippen LogP contribution >= 0.6 is 0 Å². The lowest BCUT2D eigenvalue weighted by Gasteiger charge is -2.07. The average molecular weight is 259 g/mol. The molecule has 0 spiro atoms. The lowest BCUT2D eigenvalue weighted by molar-refractivity contribution is 0.0690. The lowest BCUT2D eigenvalue weighted by Crippen LogP contribution is -2.03. The zero-order chi connectivity index (χ0) is 13.7. The van der Waals surface area contributed by atoms with Gasteiger partial charge in [0, 0.05) is 11.8 Å². The number of aromatic nitrogens is 2. The van der Waals surface area contributed by atoms with Gasteiger partial charge in [-0.15, -0.1) is 0 Å². The second kappa shape index (κ2) is 5.81. The van der Waals surface area contributed by atoms with E-state index in [0.717, 1.165) is 11.4 Å². The molecule has 0 saturated carbocycles. The Morgan fingerprint density at radius 3 is 2.68 bits per heavy atom. The molecule has 6 heteroatoms. The molecule has 2 rings (SSSR count). The van der Waals surface area contributed by atoms with E-state index in [0.29, 0.717) is 12.4 Å². The van der Waals surface area contributed by atoms with Crippen molar-refractivity contribution in [3.63, 3.8) is 0 Å². The topological polar surface area (TPSA) is 84.3 Å². The van der Waals surface area contributed by atoms with Crippen LogP contribution in [0.1, 0.15) is 17.4 Å². The summed E-state index contributed by atoms with van der Waals surface area (Å²) in [6, 6.07) is 8.68. The van der Waals surface area contributed by atoms with Crippen LogP contribution < -0.4 is 10.1 Å². The van der Waals surface area contributed by atoms with Crippen LogP contribution in [-0.2, 0) is 0 Å². The van der Waals surface area contributed by atoms with Gasteiger partial charge < -0.3 is 15.2 Å². The molecule has 0 aliphatic rings. The highest BCUT2D eigenvalue weighted by Crippen LogP contribution is 2.19. The molecule has 0 bridgehead atoms. The van der Waals surface area contributed by atoms with Gasteiger partial charge in [-0.3, -0.25) is 0 Å². The van der Waals surface area contributed by atoms with Crippen LogP contribution in [0, 0.1) is 0 Å². The molecule has 0 aliphatic heterocycles. The number of nitrogens with one attached hydrogen (secondary N) is 1. The molecule has 19 heavy (non-hydrogen) atoms. The maximum atomic E-state index is 10.8. The fraction of sp³-hybridized carbons (Fsp3) is 0.154. The van der Waals surface area contributed by atoms with Crippen LogP contribution in [0.15, 0.2) is 36.7 Å². The molecular weight excluding hydrogens is 246 g/mol. The number of aromatic carboxylic acids is 1. The molecular formula is C13H13N3O3. The van der Waals surface area contributed by atoms with Crippen molar-refractivity contribution in [3.8, 4) is 5.75 Å². The van der Waals surface area contributed by atoms with Crippen molar-refractivity contribution >= 4 is 17.5 Å². The number of hydrogen-bond acceptors (Lipinski definition) is 5. The zero-order valence-electron chi connectivity index (χ0n) is 10.3. The minimum absolute atomic E-state index is 0.0524. The monoisotopic (exact) mass is 259 g/mol. The Kier molecular flexibility index (Phi) is 3.92. The third-order valence-corrected chi connectivity index (χ3v) is 2.32. The summed E-state index contributed by atoms with van der Waals surface area (Å²) in [6.07, 6.45) is 1.21. The third kappa shape index (κ3) is 3.41. The summed E-state index contributed by atoms with van der Waals surface area (Å²) in [7, 11) is 0. The second-order valence-corrected chi connectivity index (χ2v) is 3.68. The highest BCUT2D eigenvalue weighted by atomic mass is 16.5. The minimum atomic E-state index is -1.09. The fourth-order valence-electron chi connectivity index (χ4n) is 1.49. The molecule has 0 saturated heterocycles. The molecule has 0 amide bonds. The van der Waals surface area contributed by atoms with Gasteiger partial charge in [0.2, 0.25) is 0 Å². The molecule has 1 heterocycles. The maximum absolute atomic E-state index is 10.8. The lowest BCUT2D eigenvalue weighted by atomic mass is 10.3. The Labute approximate surface area is 110 Å². The zero-order valence-corrected chi connectivity index (χ0v) is 10.3. The van der Waals surface area contributed by atoms with E-state index >= 15 is 0 Å². The molecule has 1 aromatic heterocycles. The van der Waals surface area contributed by atoms with E-state index in [2.05, 4.69) is 15.3 Å². The Morgan fingerprint density at radius 2 is 2.05 bits per heavy atom. The van der Waals surface area contributed by atoms with Gasteiger partial charge in [0.1, 0.15) is 17.9 Å². The molecule has 2 aromatic rings. The van der Waals surface area contributed by atoms with E-state index in [1.165, 1.54) is 12.4 Å². The number of anilines is 2. The van der Waals surface area contributed by atoms with Gasteiger partial charge in [-0.05, 0) is 31.2 Å². The Morgan fingerprint density at radius 1 is 1.32 bits per heavy atom. The van der Waals surface area contributed by atoms with Gasteiger partial charge in [0.15, 0.2) is 5.69 Å². The van der Waals surface area contributed by atoms with E-state index in [9.17, 15) is 4.79 Å². The smallest absolute Gasteiger partial charge is 0.354 e. The first-order valence-corrected chi connectivity index (χ1v) is 5.74. The number of ether oxygens (including phenoxy) is 1. The largest absolute Gasteiger partial charge is 0.494 e. The predicted octanol–water partition coefficient (Wildman–Crippen LogP) is 2.32. The van der Waals surface area contributed by atoms with Gasteiger partial charge in [0.05, 0.1) is 6.61 Å². The summed E-state index contributed by atoms with van der Waals surface area (Å²) in [5, 5.41) is 11.8. The van der Waals surface area contributed by atoms with Crippen LogP contribution in [0.3, 0.4) is 0 Å². The quantitative estimate of drug-likeness (QED) is 0.857. The number of benzene rings is 1. The summed E-state index contributed by atoms with van der Waals surface area (Å²) in [5.74, 6) is 0.121. The van der Waals surface area contributed by atoms with E-state index in [1.807, 2.05) is 31.2 Å². The first kappa shape index (κ1) is 12.8. The third-order valence-electron chi connectivity index (χ3n) is 2.32. The minimum Gasteiger partial charge on any atom is -0.494 e. The van der Waals surface area contributed by atoms with Crippen molar-refractivity contribution in [1.29, 1.82) is 0 Å². The first-order chi connectivity index (χ1) is 9.19. The van der Waals surface area contributed by atoms with E-state index in [1.54, 1.807) is 0 Å². The molecule has 0 fully saturated rings. The summed E-state index contributed by atoms with van der Waals surface area (Å²) < 4.78 is 5.33. The van der Waals surface area contributed by atoms with Crippen molar-refractivity contribution in [2.24, 2.45) is 0 Å². The second-order valence-electron chi connectivity index (χ2n) is 3.68. The van der Waals surface area contributed by atoms with Crippen LogP contribution in [0.2, 0.25) is 0 Å². The van der Waals surface area contributed by atoms with Gasteiger partial charge in [-0.1, -0.05) is 0 Å². The number of hydrogen-bond donors (Lipinski definition) is 2. The highest BCUT2D eigenvalue weighted by molar-refractivity contribution is 5.86. The molecule has 6 nitrogen and oxygen atoms in total. The van der Waals surface area contributed by atoms with Crippen LogP contribution in [0.5, 0.6) is 5.75 Å². The summed E-state index contributed by atoms with van der Waals surface area (Å²) in [4.78, 5) is 18.4. The van der Waals surface area contributed by atoms with Crippen LogP contribution in [-0.4, -0.2) is 27.7 Å². The Balaban J connectivity index is 2.12. The number of carboxylic acid groups (broad SMARTS) is 1. The van der Waals surface area contributed by atoms with Crippen molar-refractivity contribution < 1.29 is 14.6 Å². The highest BCUT2D eigenvalue weighted by Gasteiger charge is 2.06. The van der Waals surface area contributed by atoms with Gasteiger partial charge in [-0.2, -0.15) is 0 Å². The van der Waals surface area contributed by atoms with Crippen LogP contribution in [0.25, 0.3) is 0 Å². The number of rotatable bonds is 5. The molecule has 2 N–H and O–H groups in total. The summed E-state index contributed by atoms with van der Waals surface area (Å²) >= 11 is 0. The Hall–Kier alpha value is -2.63. The van der Waals surface area contributed by atoms with Crippen molar-refractivity contribution in [2.45, 2.75) is 6.92 Å². The van der Waals surface area contributed by atoms with E-state index < -0.39 is 5.97 Å². The SMILES string of the molecule is CCOc1ccc(Nc2cc(C(=O)O)ncn2)cc1. The molecule has 0 aliphatic carbocycles. The number of carboxylic acids is 1. The number of carbonyl (C=O) groups is 1. The van der Waals surface area contributed by atoms with E-state index in [-0.39, 0.29) is 5.69 Å². The van der Waals surface area contributed by atoms with Gasteiger partial charge in [-0.25, -0.2) is 14.8 Å². The molecule has 0 radical (unpaired) electrons. The summed E-state index contributed by atoms with van der Waals surface area (Å²) in [5.41, 5.74) is 0.738. The van der Waals surface area contributed by atoms with Crippen molar-refractivity contribution in [1.82, 2.24) is 9.97 Å². The molecule has 0 atom stereocenters. The standard InChI is InChI=1S/C13H13N3O3/c1-2-19-10-5-3-9(4-6-10)16-12-7-11(13(17)18)14-8-15-12/h3-8H,2H2,1H3,(H,17,18)(H,14,15,16).